The molecule has 2 aromatic heterocycles. The molecule has 3 heterocycles. The van der Waals surface area contributed by atoms with Crippen molar-refractivity contribution in [2.24, 2.45) is 0 Å². The average Bonchev–Trinajstić information content (AvgIpc) is 3.21. The van der Waals surface area contributed by atoms with Crippen LogP contribution in [0.2, 0.25) is 0 Å². The van der Waals surface area contributed by atoms with Crippen LogP contribution in [0.1, 0.15) is 29.9 Å². The third kappa shape index (κ3) is 2.87. The summed E-state index contributed by atoms with van der Waals surface area (Å²) in [7, 11) is 1.79. The average molecular weight is 379 g/mol. The number of fused-ring (bicyclic) bond motifs is 1. The minimum absolute atomic E-state index is 0.0739. The Kier molecular flexibility index (Phi) is 4.00. The highest BCUT2D eigenvalue weighted by molar-refractivity contribution is 7.14. The molecule has 0 fully saturated rings. The molecule has 0 bridgehead atoms. The maximum absolute atomic E-state index is 12.4. The van der Waals surface area contributed by atoms with Gasteiger partial charge in [-0.1, -0.05) is 6.07 Å². The van der Waals surface area contributed by atoms with E-state index in [1.807, 2.05) is 37.4 Å². The number of amides is 2. The normalized spacial score (nSPS) is 14.9. The first-order valence-electron chi connectivity index (χ1n) is 8.34. The molecular formula is C19H17N5O2S. The van der Waals surface area contributed by atoms with Crippen LogP contribution in [0.5, 0.6) is 0 Å². The Bertz CT molecular complexity index is 1050. The van der Waals surface area contributed by atoms with Gasteiger partial charge in [0, 0.05) is 36.1 Å². The molecule has 27 heavy (non-hydrogen) atoms. The fraction of sp³-hybridized carbons (Fsp3) is 0.211. The number of carbonyl (C=O) groups is 2. The fourth-order valence-corrected chi connectivity index (χ4v) is 3.89. The first-order chi connectivity index (χ1) is 12.9. The molecule has 7 nitrogen and oxygen atoms in total. The number of likely N-dealkylation sites (N-methyl/N-ethyl adjacent to an activating group) is 1. The first-order valence-corrected chi connectivity index (χ1v) is 9.22. The number of rotatable bonds is 3. The second kappa shape index (κ2) is 6.24. The van der Waals surface area contributed by atoms with Gasteiger partial charge < -0.3 is 4.90 Å². The molecule has 1 aliphatic heterocycles. The SMILES string of the molecule is CN1C(=O)C(C)(C)c2cc(-c3csc(NC(=O)c4cnccn4)n3)ccc21. The van der Waals surface area contributed by atoms with Gasteiger partial charge in [-0.15, -0.1) is 11.3 Å². The molecule has 0 saturated carbocycles. The zero-order valence-electron chi connectivity index (χ0n) is 15.1. The Morgan fingerprint density at radius 1 is 1.26 bits per heavy atom. The Labute approximate surface area is 160 Å². The van der Waals surface area contributed by atoms with Crippen molar-refractivity contribution in [3.05, 3.63) is 53.4 Å². The molecule has 1 N–H and O–H groups in total. The highest BCUT2D eigenvalue weighted by Gasteiger charge is 2.42. The fourth-order valence-electron chi connectivity index (χ4n) is 3.17. The molecular weight excluding hydrogens is 362 g/mol. The minimum Gasteiger partial charge on any atom is -0.314 e. The van der Waals surface area contributed by atoms with Crippen molar-refractivity contribution in [2.75, 3.05) is 17.3 Å². The molecule has 4 rings (SSSR count). The number of nitrogens with one attached hydrogen (secondary N) is 1. The second-order valence-corrected chi connectivity index (χ2v) is 7.66. The molecule has 0 spiro atoms. The number of thiazole rings is 1. The molecule has 1 aromatic carbocycles. The van der Waals surface area contributed by atoms with E-state index in [0.717, 1.165) is 22.5 Å². The van der Waals surface area contributed by atoms with E-state index >= 15 is 0 Å². The second-order valence-electron chi connectivity index (χ2n) is 6.80. The van der Waals surface area contributed by atoms with Crippen LogP contribution in [0.4, 0.5) is 10.8 Å². The van der Waals surface area contributed by atoms with Gasteiger partial charge in [0.25, 0.3) is 5.91 Å². The molecule has 0 radical (unpaired) electrons. The molecule has 0 atom stereocenters. The van der Waals surface area contributed by atoms with Crippen molar-refractivity contribution < 1.29 is 9.59 Å². The maximum Gasteiger partial charge on any atom is 0.277 e. The van der Waals surface area contributed by atoms with Gasteiger partial charge in [0.2, 0.25) is 5.91 Å². The summed E-state index contributed by atoms with van der Waals surface area (Å²) in [6, 6.07) is 5.88. The van der Waals surface area contributed by atoms with Crippen LogP contribution in [-0.4, -0.2) is 33.8 Å². The summed E-state index contributed by atoms with van der Waals surface area (Å²) >= 11 is 1.33. The van der Waals surface area contributed by atoms with E-state index in [2.05, 4.69) is 20.3 Å². The quantitative estimate of drug-likeness (QED) is 0.755. The van der Waals surface area contributed by atoms with Crippen LogP contribution < -0.4 is 10.2 Å². The predicted molar refractivity (Wildman–Crippen MR) is 104 cm³/mol. The first kappa shape index (κ1) is 17.3. The summed E-state index contributed by atoms with van der Waals surface area (Å²) in [5.41, 5.74) is 3.20. The number of hydrogen-bond donors (Lipinski definition) is 1. The summed E-state index contributed by atoms with van der Waals surface area (Å²) in [4.78, 5) is 38.7. The topological polar surface area (TPSA) is 88.1 Å². The minimum atomic E-state index is -0.570. The molecule has 3 aromatic rings. The third-order valence-electron chi connectivity index (χ3n) is 4.69. The molecule has 136 valence electrons. The molecule has 0 saturated heterocycles. The lowest BCUT2D eigenvalue weighted by atomic mass is 9.85. The molecule has 2 amide bonds. The lowest BCUT2D eigenvalue weighted by Crippen LogP contribution is -2.33. The lowest BCUT2D eigenvalue weighted by molar-refractivity contribution is -0.121. The lowest BCUT2D eigenvalue weighted by Gasteiger charge is -2.16. The largest absolute Gasteiger partial charge is 0.314 e. The van der Waals surface area contributed by atoms with E-state index in [1.165, 1.54) is 29.9 Å². The van der Waals surface area contributed by atoms with Crippen LogP contribution in [0.25, 0.3) is 11.3 Å². The van der Waals surface area contributed by atoms with Crippen LogP contribution in [0, 0.1) is 0 Å². The summed E-state index contributed by atoms with van der Waals surface area (Å²) in [5.74, 6) is -0.281. The van der Waals surface area contributed by atoms with Gasteiger partial charge >= 0.3 is 0 Å². The van der Waals surface area contributed by atoms with Gasteiger partial charge in [-0.3, -0.25) is 19.9 Å². The van der Waals surface area contributed by atoms with Gasteiger partial charge in [0.05, 0.1) is 17.3 Å². The van der Waals surface area contributed by atoms with Gasteiger partial charge in [0.1, 0.15) is 5.69 Å². The van der Waals surface area contributed by atoms with Crippen molar-refractivity contribution in [2.45, 2.75) is 19.3 Å². The number of nitrogens with zero attached hydrogens (tertiary/aromatic N) is 4. The van der Waals surface area contributed by atoms with Crippen LogP contribution in [-0.2, 0) is 10.2 Å². The monoisotopic (exact) mass is 379 g/mol. The standard InChI is InChI=1S/C19H17N5O2S/c1-19(2)12-8-11(4-5-15(12)24(3)17(19)26)14-10-27-18(22-14)23-16(25)13-9-20-6-7-21-13/h4-10H,1-3H3,(H,22,23,25). The van der Waals surface area contributed by atoms with Crippen molar-refractivity contribution >= 4 is 34.0 Å². The molecule has 8 heteroatoms. The van der Waals surface area contributed by atoms with Crippen LogP contribution in [0.3, 0.4) is 0 Å². The predicted octanol–water partition coefficient (Wildman–Crippen LogP) is 3.11. The van der Waals surface area contributed by atoms with E-state index in [-0.39, 0.29) is 17.5 Å². The van der Waals surface area contributed by atoms with E-state index in [1.54, 1.807) is 11.9 Å². The van der Waals surface area contributed by atoms with Crippen molar-refractivity contribution in [1.82, 2.24) is 15.0 Å². The van der Waals surface area contributed by atoms with E-state index < -0.39 is 5.41 Å². The number of carbonyl (C=O) groups excluding carboxylic acids is 2. The number of benzene rings is 1. The molecule has 0 aliphatic carbocycles. The number of anilines is 2. The Balaban J connectivity index is 1.61. The Morgan fingerprint density at radius 3 is 2.81 bits per heavy atom. The van der Waals surface area contributed by atoms with Crippen molar-refractivity contribution in [1.29, 1.82) is 0 Å². The zero-order valence-corrected chi connectivity index (χ0v) is 15.9. The molecule has 1 aliphatic rings. The van der Waals surface area contributed by atoms with Gasteiger partial charge in [-0.25, -0.2) is 9.97 Å². The Morgan fingerprint density at radius 2 is 2.07 bits per heavy atom. The summed E-state index contributed by atoms with van der Waals surface area (Å²) in [6.07, 6.45) is 4.38. The summed E-state index contributed by atoms with van der Waals surface area (Å²) < 4.78 is 0. The zero-order chi connectivity index (χ0) is 19.2. The van der Waals surface area contributed by atoms with Gasteiger partial charge in [0.15, 0.2) is 5.13 Å². The van der Waals surface area contributed by atoms with E-state index in [4.69, 9.17) is 0 Å². The number of hydrogen-bond acceptors (Lipinski definition) is 6. The van der Waals surface area contributed by atoms with Gasteiger partial charge in [-0.2, -0.15) is 0 Å². The van der Waals surface area contributed by atoms with E-state index in [9.17, 15) is 9.59 Å². The molecule has 0 unspecified atom stereocenters. The van der Waals surface area contributed by atoms with Crippen LogP contribution in [0.15, 0.2) is 42.2 Å². The summed E-state index contributed by atoms with van der Waals surface area (Å²) in [6.45, 7) is 3.85. The van der Waals surface area contributed by atoms with Crippen LogP contribution >= 0.6 is 11.3 Å². The maximum atomic E-state index is 12.4. The van der Waals surface area contributed by atoms with Crippen molar-refractivity contribution in [3.8, 4) is 11.3 Å². The third-order valence-corrected chi connectivity index (χ3v) is 5.44. The Hall–Kier alpha value is -3.13. The number of aromatic nitrogens is 3. The van der Waals surface area contributed by atoms with Gasteiger partial charge in [-0.05, 0) is 31.5 Å². The highest BCUT2D eigenvalue weighted by atomic mass is 32.1. The summed E-state index contributed by atoms with van der Waals surface area (Å²) in [5, 5.41) is 5.09. The van der Waals surface area contributed by atoms with Crippen molar-refractivity contribution in [3.63, 3.8) is 0 Å². The highest BCUT2D eigenvalue weighted by Crippen LogP contribution is 2.42. The smallest absolute Gasteiger partial charge is 0.277 e. The van der Waals surface area contributed by atoms with E-state index in [0.29, 0.717) is 5.13 Å².